The molecule has 0 aliphatic heterocycles. The van der Waals surface area contributed by atoms with Crippen molar-refractivity contribution >= 4 is 18.4 Å². The van der Waals surface area contributed by atoms with Crippen molar-refractivity contribution in [3.8, 4) is 0 Å². The van der Waals surface area contributed by atoms with E-state index in [0.29, 0.717) is 6.04 Å². The Labute approximate surface area is 90.7 Å². The molecule has 4 heteroatoms. The molecular formula is C10H18ClNO2. The fraction of sp³-hybridized carbons (Fsp3) is 0.900. The Morgan fingerprint density at radius 3 is 2.36 bits per heavy atom. The maximum absolute atomic E-state index is 10.9. The molecule has 0 radical (unpaired) electrons. The van der Waals surface area contributed by atoms with E-state index in [1.54, 1.807) is 0 Å². The van der Waals surface area contributed by atoms with Crippen LogP contribution >= 0.6 is 12.4 Å². The van der Waals surface area contributed by atoms with Gasteiger partial charge in [0.1, 0.15) is 0 Å². The number of hydrogen-bond acceptors (Lipinski definition) is 2. The first-order chi connectivity index (χ1) is 6.27. The van der Waals surface area contributed by atoms with E-state index < -0.39 is 5.97 Å². The molecule has 2 N–H and O–H groups in total. The van der Waals surface area contributed by atoms with Crippen molar-refractivity contribution in [1.82, 2.24) is 5.32 Å². The molecule has 0 spiro atoms. The molecule has 0 aromatic heterocycles. The number of nitrogens with one attached hydrogen (secondary N) is 1. The van der Waals surface area contributed by atoms with Crippen LogP contribution in [0.15, 0.2) is 0 Å². The molecule has 82 valence electrons. The highest BCUT2D eigenvalue weighted by Gasteiger charge is 2.34. The van der Waals surface area contributed by atoms with E-state index in [1.807, 2.05) is 0 Å². The highest BCUT2D eigenvalue weighted by atomic mass is 35.5. The monoisotopic (exact) mass is 219 g/mol. The Morgan fingerprint density at radius 2 is 1.79 bits per heavy atom. The highest BCUT2D eigenvalue weighted by molar-refractivity contribution is 5.85. The lowest BCUT2D eigenvalue weighted by atomic mass is 9.84. The number of hydrogen-bond donors (Lipinski definition) is 2. The van der Waals surface area contributed by atoms with Gasteiger partial charge in [-0.25, -0.2) is 0 Å². The van der Waals surface area contributed by atoms with Crippen LogP contribution in [0.4, 0.5) is 0 Å². The third kappa shape index (κ3) is 2.85. The van der Waals surface area contributed by atoms with Crippen LogP contribution in [0, 0.1) is 5.92 Å². The average Bonchev–Trinajstić information content (AvgIpc) is 2.89. The van der Waals surface area contributed by atoms with Crippen molar-refractivity contribution in [2.75, 3.05) is 0 Å². The average molecular weight is 220 g/mol. The van der Waals surface area contributed by atoms with Gasteiger partial charge in [0.25, 0.3) is 0 Å². The molecule has 3 nitrogen and oxygen atoms in total. The van der Waals surface area contributed by atoms with E-state index in [4.69, 9.17) is 5.11 Å². The summed E-state index contributed by atoms with van der Waals surface area (Å²) in [5.41, 5.74) is 0. The van der Waals surface area contributed by atoms with Gasteiger partial charge < -0.3 is 10.4 Å². The third-order valence-corrected chi connectivity index (χ3v) is 3.11. The van der Waals surface area contributed by atoms with Crippen LogP contribution in [0.1, 0.15) is 38.5 Å². The molecule has 0 aromatic carbocycles. The van der Waals surface area contributed by atoms with Crippen molar-refractivity contribution in [2.24, 2.45) is 5.92 Å². The summed E-state index contributed by atoms with van der Waals surface area (Å²) < 4.78 is 0. The number of carboxylic acids is 1. The smallest absolute Gasteiger partial charge is 0.308 e. The SMILES string of the molecule is Cl.O=C(O)C1CCCCC1NC1CC1. The largest absolute Gasteiger partial charge is 0.481 e. The van der Waals surface area contributed by atoms with Gasteiger partial charge in [0.2, 0.25) is 0 Å². The van der Waals surface area contributed by atoms with Gasteiger partial charge in [-0.05, 0) is 25.7 Å². The number of carboxylic acid groups (broad SMARTS) is 1. The zero-order valence-electron chi connectivity index (χ0n) is 8.24. The zero-order valence-corrected chi connectivity index (χ0v) is 9.05. The Hall–Kier alpha value is -0.280. The Balaban J connectivity index is 0.000000980. The van der Waals surface area contributed by atoms with Crippen LogP contribution in [0.25, 0.3) is 0 Å². The normalized spacial score (nSPS) is 32.0. The second-order valence-corrected chi connectivity index (χ2v) is 4.28. The predicted octanol–water partition coefficient (Wildman–Crippen LogP) is 1.80. The summed E-state index contributed by atoms with van der Waals surface area (Å²) in [5, 5.41) is 12.4. The summed E-state index contributed by atoms with van der Waals surface area (Å²) in [6, 6.07) is 0.878. The van der Waals surface area contributed by atoms with Crippen LogP contribution in [0.3, 0.4) is 0 Å². The summed E-state index contributed by atoms with van der Waals surface area (Å²) in [7, 11) is 0. The lowest BCUT2D eigenvalue weighted by Gasteiger charge is -2.29. The van der Waals surface area contributed by atoms with Crippen molar-refractivity contribution < 1.29 is 9.90 Å². The van der Waals surface area contributed by atoms with E-state index in [2.05, 4.69) is 5.32 Å². The first-order valence-electron chi connectivity index (χ1n) is 5.26. The molecule has 0 amide bonds. The van der Waals surface area contributed by atoms with Crippen LogP contribution in [0.2, 0.25) is 0 Å². The van der Waals surface area contributed by atoms with Gasteiger partial charge in [-0.2, -0.15) is 0 Å². The van der Waals surface area contributed by atoms with E-state index in [-0.39, 0.29) is 24.4 Å². The van der Waals surface area contributed by atoms with Crippen molar-refractivity contribution in [3.63, 3.8) is 0 Å². The Morgan fingerprint density at radius 1 is 1.14 bits per heavy atom. The molecule has 2 unspecified atom stereocenters. The van der Waals surface area contributed by atoms with Gasteiger partial charge in [-0.1, -0.05) is 12.8 Å². The predicted molar refractivity (Wildman–Crippen MR) is 56.8 cm³/mol. The Kier molecular flexibility index (Phi) is 4.20. The van der Waals surface area contributed by atoms with Crippen LogP contribution in [-0.4, -0.2) is 23.2 Å². The molecule has 0 heterocycles. The summed E-state index contributed by atoms with van der Waals surface area (Å²) in [5.74, 6) is -0.743. The lowest BCUT2D eigenvalue weighted by molar-refractivity contribution is -0.143. The standard InChI is InChI=1S/C10H17NO2.ClH/c12-10(13)8-3-1-2-4-9(8)11-7-5-6-7;/h7-9,11H,1-6H2,(H,12,13);1H. The van der Waals surface area contributed by atoms with Crippen molar-refractivity contribution in [2.45, 2.75) is 50.6 Å². The number of halogens is 1. The van der Waals surface area contributed by atoms with Gasteiger partial charge in [-0.3, -0.25) is 4.79 Å². The fourth-order valence-electron chi connectivity index (χ4n) is 2.18. The molecule has 2 rings (SSSR count). The van der Waals surface area contributed by atoms with E-state index in [1.165, 1.54) is 19.3 Å². The van der Waals surface area contributed by atoms with Crippen LogP contribution in [-0.2, 0) is 4.79 Å². The molecule has 2 atom stereocenters. The maximum Gasteiger partial charge on any atom is 0.308 e. The van der Waals surface area contributed by atoms with Gasteiger partial charge >= 0.3 is 5.97 Å². The molecule has 0 saturated heterocycles. The molecule has 0 bridgehead atoms. The first kappa shape index (κ1) is 11.8. The van der Waals surface area contributed by atoms with Gasteiger partial charge in [0.05, 0.1) is 5.92 Å². The minimum atomic E-state index is -0.613. The molecular weight excluding hydrogens is 202 g/mol. The fourth-order valence-corrected chi connectivity index (χ4v) is 2.18. The van der Waals surface area contributed by atoms with E-state index in [0.717, 1.165) is 19.3 Å². The molecule has 0 aromatic rings. The van der Waals surface area contributed by atoms with Gasteiger partial charge in [-0.15, -0.1) is 12.4 Å². The topological polar surface area (TPSA) is 49.3 Å². The quantitative estimate of drug-likeness (QED) is 0.761. The lowest BCUT2D eigenvalue weighted by Crippen LogP contribution is -2.43. The maximum atomic E-state index is 10.9. The minimum Gasteiger partial charge on any atom is -0.481 e. The summed E-state index contributed by atoms with van der Waals surface area (Å²) in [6.07, 6.45) is 6.66. The Bertz CT molecular complexity index is 206. The van der Waals surface area contributed by atoms with Crippen LogP contribution < -0.4 is 5.32 Å². The molecule has 14 heavy (non-hydrogen) atoms. The molecule has 2 aliphatic rings. The highest BCUT2D eigenvalue weighted by Crippen LogP contribution is 2.28. The van der Waals surface area contributed by atoms with E-state index >= 15 is 0 Å². The van der Waals surface area contributed by atoms with Crippen molar-refractivity contribution in [3.05, 3.63) is 0 Å². The second kappa shape index (κ2) is 4.99. The summed E-state index contributed by atoms with van der Waals surface area (Å²) in [4.78, 5) is 10.9. The minimum absolute atomic E-state index is 0. The third-order valence-electron chi connectivity index (χ3n) is 3.11. The zero-order chi connectivity index (χ0) is 9.26. The number of carbonyl (C=O) groups is 1. The van der Waals surface area contributed by atoms with E-state index in [9.17, 15) is 4.79 Å². The van der Waals surface area contributed by atoms with Gasteiger partial charge in [0, 0.05) is 12.1 Å². The van der Waals surface area contributed by atoms with Crippen molar-refractivity contribution in [1.29, 1.82) is 0 Å². The van der Waals surface area contributed by atoms with Crippen LogP contribution in [0.5, 0.6) is 0 Å². The summed E-state index contributed by atoms with van der Waals surface area (Å²) >= 11 is 0. The first-order valence-corrected chi connectivity index (χ1v) is 5.26. The molecule has 2 aliphatic carbocycles. The number of aliphatic carboxylic acids is 1. The number of rotatable bonds is 3. The summed E-state index contributed by atoms with van der Waals surface area (Å²) in [6.45, 7) is 0. The molecule has 2 saturated carbocycles. The second-order valence-electron chi connectivity index (χ2n) is 4.28. The van der Waals surface area contributed by atoms with Gasteiger partial charge in [0.15, 0.2) is 0 Å². The molecule has 2 fully saturated rings.